The molecule has 1 N–H and O–H groups in total. The smallest absolute Gasteiger partial charge is 0.251 e. The van der Waals surface area contributed by atoms with Crippen LogP contribution in [0.25, 0.3) is 0 Å². The molecule has 0 bridgehead atoms. The van der Waals surface area contributed by atoms with Gasteiger partial charge in [-0.15, -0.1) is 5.10 Å². The van der Waals surface area contributed by atoms with Crippen molar-refractivity contribution in [2.45, 2.75) is 39.7 Å². The molecular weight excluding hydrogens is 304 g/mol. The molecule has 1 aromatic carbocycles. The van der Waals surface area contributed by atoms with E-state index in [1.807, 2.05) is 12.1 Å². The summed E-state index contributed by atoms with van der Waals surface area (Å²) < 4.78 is 1.45. The SMILES string of the molecule is CCN(CC)CCc1ccc(NC(=O)C(C)(C)n2cnnn2)cc1. The largest absolute Gasteiger partial charge is 0.324 e. The molecule has 0 saturated heterocycles. The minimum atomic E-state index is -0.856. The van der Waals surface area contributed by atoms with Crippen LogP contribution < -0.4 is 5.32 Å². The Balaban J connectivity index is 1.95. The zero-order valence-electron chi connectivity index (χ0n) is 14.9. The lowest BCUT2D eigenvalue weighted by Gasteiger charge is -2.22. The average Bonchev–Trinajstić information content (AvgIpc) is 3.12. The van der Waals surface area contributed by atoms with Crippen molar-refractivity contribution >= 4 is 11.6 Å². The van der Waals surface area contributed by atoms with Gasteiger partial charge in [0, 0.05) is 12.2 Å². The molecule has 24 heavy (non-hydrogen) atoms. The minimum Gasteiger partial charge on any atom is -0.324 e. The van der Waals surface area contributed by atoms with Crippen molar-refractivity contribution < 1.29 is 4.79 Å². The van der Waals surface area contributed by atoms with E-state index in [1.165, 1.54) is 16.6 Å². The molecule has 0 aliphatic carbocycles. The first-order valence-corrected chi connectivity index (χ1v) is 8.33. The lowest BCUT2D eigenvalue weighted by atomic mass is 10.0. The summed E-state index contributed by atoms with van der Waals surface area (Å²) in [6.07, 6.45) is 2.45. The van der Waals surface area contributed by atoms with Crippen molar-refractivity contribution in [2.75, 3.05) is 25.0 Å². The molecule has 2 rings (SSSR count). The van der Waals surface area contributed by atoms with E-state index in [1.54, 1.807) is 13.8 Å². The number of rotatable bonds is 8. The molecular formula is C17H26N6O. The van der Waals surface area contributed by atoms with Crippen LogP contribution in [0.2, 0.25) is 0 Å². The molecule has 1 aromatic heterocycles. The second-order valence-corrected chi connectivity index (χ2v) is 6.24. The molecule has 1 amide bonds. The highest BCUT2D eigenvalue weighted by Crippen LogP contribution is 2.17. The number of hydrogen-bond acceptors (Lipinski definition) is 5. The topological polar surface area (TPSA) is 75.9 Å². The number of carbonyl (C=O) groups is 1. The van der Waals surface area contributed by atoms with Gasteiger partial charge in [0.2, 0.25) is 0 Å². The number of benzene rings is 1. The van der Waals surface area contributed by atoms with Crippen molar-refractivity contribution in [3.05, 3.63) is 36.2 Å². The maximum atomic E-state index is 12.5. The van der Waals surface area contributed by atoms with Gasteiger partial charge in [-0.25, -0.2) is 4.68 Å². The van der Waals surface area contributed by atoms with Crippen LogP contribution in [0.15, 0.2) is 30.6 Å². The Bertz CT molecular complexity index is 632. The van der Waals surface area contributed by atoms with E-state index < -0.39 is 5.54 Å². The van der Waals surface area contributed by atoms with Gasteiger partial charge in [-0.1, -0.05) is 26.0 Å². The highest BCUT2D eigenvalue weighted by atomic mass is 16.2. The zero-order valence-corrected chi connectivity index (χ0v) is 14.9. The standard InChI is InChI=1S/C17H26N6O/c1-5-22(6-2)12-11-14-7-9-15(10-8-14)19-16(24)17(3,4)23-13-18-20-21-23/h7-10,13H,5-6,11-12H2,1-4H3,(H,19,24). The number of likely N-dealkylation sites (N-methyl/N-ethyl adjacent to an activating group) is 1. The van der Waals surface area contributed by atoms with Crippen LogP contribution in [0.5, 0.6) is 0 Å². The van der Waals surface area contributed by atoms with Crippen LogP contribution >= 0.6 is 0 Å². The predicted molar refractivity (Wildman–Crippen MR) is 93.7 cm³/mol. The quantitative estimate of drug-likeness (QED) is 0.800. The predicted octanol–water partition coefficient (Wildman–Crippen LogP) is 1.93. The Kier molecular flexibility index (Phi) is 6.03. The number of amides is 1. The van der Waals surface area contributed by atoms with Gasteiger partial charge in [-0.2, -0.15) is 0 Å². The molecule has 0 aliphatic rings. The van der Waals surface area contributed by atoms with Gasteiger partial charge in [0.05, 0.1) is 0 Å². The van der Waals surface area contributed by atoms with E-state index in [0.717, 1.165) is 31.7 Å². The average molecular weight is 330 g/mol. The Morgan fingerprint density at radius 2 is 1.88 bits per heavy atom. The summed E-state index contributed by atoms with van der Waals surface area (Å²) >= 11 is 0. The molecule has 0 spiro atoms. The lowest BCUT2D eigenvalue weighted by molar-refractivity contribution is -0.123. The molecule has 0 atom stereocenters. The van der Waals surface area contributed by atoms with E-state index in [2.05, 4.69) is 51.7 Å². The molecule has 130 valence electrons. The third-order valence-corrected chi connectivity index (χ3v) is 4.30. The number of nitrogens with zero attached hydrogens (tertiary/aromatic N) is 5. The third-order valence-electron chi connectivity index (χ3n) is 4.30. The second-order valence-electron chi connectivity index (χ2n) is 6.24. The first kappa shape index (κ1) is 18.1. The number of carbonyl (C=O) groups excluding carboxylic acids is 1. The molecule has 7 heteroatoms. The maximum Gasteiger partial charge on any atom is 0.251 e. The Labute approximate surface area is 143 Å². The van der Waals surface area contributed by atoms with E-state index in [9.17, 15) is 4.79 Å². The zero-order chi connectivity index (χ0) is 17.6. The fourth-order valence-electron chi connectivity index (χ4n) is 2.39. The lowest BCUT2D eigenvalue weighted by Crippen LogP contribution is -2.40. The number of tetrazole rings is 1. The highest BCUT2D eigenvalue weighted by molar-refractivity contribution is 5.96. The van der Waals surface area contributed by atoms with Gasteiger partial charge in [-0.05, 0) is 61.5 Å². The van der Waals surface area contributed by atoms with Crippen LogP contribution in [-0.4, -0.2) is 50.6 Å². The molecule has 0 saturated carbocycles. The summed E-state index contributed by atoms with van der Waals surface area (Å²) in [5, 5.41) is 13.9. The van der Waals surface area contributed by atoms with E-state index in [4.69, 9.17) is 0 Å². The van der Waals surface area contributed by atoms with Crippen LogP contribution in [0.3, 0.4) is 0 Å². The van der Waals surface area contributed by atoms with Gasteiger partial charge in [0.1, 0.15) is 11.9 Å². The first-order chi connectivity index (χ1) is 11.5. The summed E-state index contributed by atoms with van der Waals surface area (Å²) in [4.78, 5) is 14.9. The second kappa shape index (κ2) is 8.01. The molecule has 0 aliphatic heterocycles. The molecule has 0 unspecified atom stereocenters. The molecule has 7 nitrogen and oxygen atoms in total. The normalized spacial score (nSPS) is 11.7. The van der Waals surface area contributed by atoms with E-state index >= 15 is 0 Å². The highest BCUT2D eigenvalue weighted by Gasteiger charge is 2.31. The van der Waals surface area contributed by atoms with E-state index in [-0.39, 0.29) is 5.91 Å². The fourth-order valence-corrected chi connectivity index (χ4v) is 2.39. The molecule has 1 heterocycles. The van der Waals surface area contributed by atoms with Gasteiger partial charge < -0.3 is 10.2 Å². The first-order valence-electron chi connectivity index (χ1n) is 8.33. The van der Waals surface area contributed by atoms with Crippen molar-refractivity contribution in [3.63, 3.8) is 0 Å². The molecule has 2 aromatic rings. The van der Waals surface area contributed by atoms with Crippen LogP contribution in [0.4, 0.5) is 5.69 Å². The van der Waals surface area contributed by atoms with Gasteiger partial charge in [0.25, 0.3) is 5.91 Å². The number of aromatic nitrogens is 4. The maximum absolute atomic E-state index is 12.5. The van der Waals surface area contributed by atoms with Gasteiger partial charge >= 0.3 is 0 Å². The van der Waals surface area contributed by atoms with Crippen LogP contribution in [-0.2, 0) is 16.8 Å². The molecule has 0 radical (unpaired) electrons. The van der Waals surface area contributed by atoms with Crippen LogP contribution in [0.1, 0.15) is 33.3 Å². The Morgan fingerprint density at radius 1 is 1.21 bits per heavy atom. The number of hydrogen-bond donors (Lipinski definition) is 1. The summed E-state index contributed by atoms with van der Waals surface area (Å²) in [5.41, 5.74) is 1.18. The minimum absolute atomic E-state index is 0.161. The third kappa shape index (κ3) is 4.38. The van der Waals surface area contributed by atoms with Crippen molar-refractivity contribution in [3.8, 4) is 0 Å². The number of anilines is 1. The van der Waals surface area contributed by atoms with Crippen molar-refractivity contribution in [1.82, 2.24) is 25.1 Å². The van der Waals surface area contributed by atoms with Crippen molar-refractivity contribution in [2.24, 2.45) is 0 Å². The number of nitrogens with one attached hydrogen (secondary N) is 1. The summed E-state index contributed by atoms with van der Waals surface area (Å²) in [5.74, 6) is -0.161. The Morgan fingerprint density at radius 3 is 2.42 bits per heavy atom. The Hall–Kier alpha value is -2.28. The molecule has 0 fully saturated rings. The van der Waals surface area contributed by atoms with Crippen molar-refractivity contribution in [1.29, 1.82) is 0 Å². The van der Waals surface area contributed by atoms with Gasteiger partial charge in [-0.3, -0.25) is 4.79 Å². The van der Waals surface area contributed by atoms with E-state index in [0.29, 0.717) is 0 Å². The van der Waals surface area contributed by atoms with Gasteiger partial charge in [0.15, 0.2) is 0 Å². The summed E-state index contributed by atoms with van der Waals surface area (Å²) in [6, 6.07) is 7.99. The summed E-state index contributed by atoms with van der Waals surface area (Å²) in [6.45, 7) is 11.1. The fraction of sp³-hybridized carbons (Fsp3) is 0.529. The monoisotopic (exact) mass is 330 g/mol. The van der Waals surface area contributed by atoms with Crippen LogP contribution in [0, 0.1) is 0 Å². The summed E-state index contributed by atoms with van der Waals surface area (Å²) in [7, 11) is 0.